The topological polar surface area (TPSA) is 50.2 Å². The Labute approximate surface area is 161 Å². The van der Waals surface area contributed by atoms with E-state index in [0.717, 1.165) is 24.0 Å². The lowest BCUT2D eigenvalue weighted by Crippen LogP contribution is -2.41. The van der Waals surface area contributed by atoms with Gasteiger partial charge in [-0.1, -0.05) is 0 Å². The molecule has 0 atom stereocenters. The molecule has 1 aromatic heterocycles. The molecule has 0 unspecified atom stereocenters. The minimum Gasteiger partial charge on any atom is -0.327 e. The number of benzene rings is 2. The van der Waals surface area contributed by atoms with Gasteiger partial charge in [-0.2, -0.15) is 0 Å². The molecule has 1 aliphatic rings. The molecule has 4 rings (SSSR count). The zero-order valence-electron chi connectivity index (χ0n) is 15.1. The Morgan fingerprint density at radius 2 is 1.93 bits per heavy atom. The van der Waals surface area contributed by atoms with E-state index in [1.54, 1.807) is 24.2 Å². The van der Waals surface area contributed by atoms with E-state index in [1.165, 1.54) is 17.0 Å². The molecule has 1 aliphatic heterocycles. The molecular formula is C20H21FN4OS. The van der Waals surface area contributed by atoms with E-state index in [1.807, 2.05) is 35.4 Å². The van der Waals surface area contributed by atoms with Gasteiger partial charge in [0.1, 0.15) is 5.82 Å². The van der Waals surface area contributed by atoms with Crippen molar-refractivity contribution in [3.8, 4) is 0 Å². The van der Waals surface area contributed by atoms with Crippen LogP contribution < -0.4 is 5.32 Å². The third-order valence-electron chi connectivity index (χ3n) is 5.02. The number of hydrogen-bond donors (Lipinski definition) is 1. The SMILES string of the molecule is CSc1ccc(NC(=O)N2CCC(n3cnc4cc(F)ccc43)CC2)cc1. The van der Waals surface area contributed by atoms with Crippen LogP contribution in [0, 0.1) is 5.82 Å². The Morgan fingerprint density at radius 3 is 2.63 bits per heavy atom. The van der Waals surface area contributed by atoms with Crippen LogP contribution in [0.4, 0.5) is 14.9 Å². The van der Waals surface area contributed by atoms with E-state index in [2.05, 4.69) is 14.9 Å². The maximum atomic E-state index is 13.3. The molecule has 2 heterocycles. The van der Waals surface area contributed by atoms with Crippen LogP contribution >= 0.6 is 11.8 Å². The second-order valence-corrected chi connectivity index (χ2v) is 7.54. The fraction of sp³-hybridized carbons (Fsp3) is 0.300. The summed E-state index contributed by atoms with van der Waals surface area (Å²) in [5.41, 5.74) is 2.42. The van der Waals surface area contributed by atoms with Crippen molar-refractivity contribution in [3.05, 3.63) is 54.6 Å². The van der Waals surface area contributed by atoms with Crippen molar-refractivity contribution in [2.24, 2.45) is 0 Å². The van der Waals surface area contributed by atoms with Crippen molar-refractivity contribution < 1.29 is 9.18 Å². The zero-order valence-corrected chi connectivity index (χ0v) is 15.9. The lowest BCUT2D eigenvalue weighted by molar-refractivity contribution is 0.184. The van der Waals surface area contributed by atoms with Crippen LogP contribution in [0.2, 0.25) is 0 Å². The van der Waals surface area contributed by atoms with Gasteiger partial charge in [0, 0.05) is 35.8 Å². The number of piperidine rings is 1. The predicted octanol–water partition coefficient (Wildman–Crippen LogP) is 4.77. The van der Waals surface area contributed by atoms with E-state index in [-0.39, 0.29) is 17.9 Å². The maximum Gasteiger partial charge on any atom is 0.321 e. The van der Waals surface area contributed by atoms with Crippen molar-refractivity contribution in [1.82, 2.24) is 14.5 Å². The first-order valence-corrected chi connectivity index (χ1v) is 10.2. The van der Waals surface area contributed by atoms with Gasteiger partial charge in [0.15, 0.2) is 0 Å². The molecule has 2 amide bonds. The molecule has 27 heavy (non-hydrogen) atoms. The lowest BCUT2D eigenvalue weighted by Gasteiger charge is -2.32. The van der Waals surface area contributed by atoms with Gasteiger partial charge in [-0.25, -0.2) is 14.2 Å². The molecule has 0 radical (unpaired) electrons. The number of hydrogen-bond acceptors (Lipinski definition) is 3. The summed E-state index contributed by atoms with van der Waals surface area (Å²) in [4.78, 5) is 19.8. The zero-order chi connectivity index (χ0) is 18.8. The quantitative estimate of drug-likeness (QED) is 0.662. The third-order valence-corrected chi connectivity index (χ3v) is 5.77. The van der Waals surface area contributed by atoms with Crippen LogP contribution in [0.5, 0.6) is 0 Å². The second-order valence-electron chi connectivity index (χ2n) is 6.66. The molecule has 7 heteroatoms. The number of nitrogens with one attached hydrogen (secondary N) is 1. The molecule has 2 aromatic carbocycles. The summed E-state index contributed by atoms with van der Waals surface area (Å²) in [5, 5.41) is 2.97. The number of carbonyl (C=O) groups excluding carboxylic acids is 1. The number of carbonyl (C=O) groups is 1. The minimum atomic E-state index is -0.273. The Morgan fingerprint density at radius 1 is 1.19 bits per heavy atom. The highest BCUT2D eigenvalue weighted by Gasteiger charge is 2.24. The van der Waals surface area contributed by atoms with Crippen molar-refractivity contribution in [1.29, 1.82) is 0 Å². The van der Waals surface area contributed by atoms with Crippen molar-refractivity contribution in [2.45, 2.75) is 23.8 Å². The summed E-state index contributed by atoms with van der Waals surface area (Å²) < 4.78 is 15.5. The van der Waals surface area contributed by atoms with Crippen LogP contribution in [0.25, 0.3) is 11.0 Å². The number of halogens is 1. The smallest absolute Gasteiger partial charge is 0.321 e. The molecular weight excluding hydrogens is 363 g/mol. The molecule has 3 aromatic rings. The van der Waals surface area contributed by atoms with Gasteiger partial charge in [-0.3, -0.25) is 0 Å². The number of likely N-dealkylation sites (tertiary alicyclic amines) is 1. The van der Waals surface area contributed by atoms with Crippen LogP contribution in [0.1, 0.15) is 18.9 Å². The third kappa shape index (κ3) is 3.78. The number of anilines is 1. The summed E-state index contributed by atoms with van der Waals surface area (Å²) in [6.45, 7) is 1.36. The van der Waals surface area contributed by atoms with Gasteiger partial charge in [-0.05, 0) is 55.5 Å². The van der Waals surface area contributed by atoms with Gasteiger partial charge in [0.2, 0.25) is 0 Å². The van der Waals surface area contributed by atoms with Gasteiger partial charge >= 0.3 is 6.03 Å². The second kappa shape index (κ2) is 7.60. The summed E-state index contributed by atoms with van der Waals surface area (Å²) in [7, 11) is 0. The van der Waals surface area contributed by atoms with E-state index >= 15 is 0 Å². The van der Waals surface area contributed by atoms with Gasteiger partial charge < -0.3 is 14.8 Å². The number of amides is 2. The largest absolute Gasteiger partial charge is 0.327 e. The lowest BCUT2D eigenvalue weighted by atomic mass is 10.0. The predicted molar refractivity (Wildman–Crippen MR) is 107 cm³/mol. The Balaban J connectivity index is 1.38. The number of thioether (sulfide) groups is 1. The molecule has 5 nitrogen and oxygen atoms in total. The number of rotatable bonds is 3. The van der Waals surface area contributed by atoms with Crippen LogP contribution in [0.15, 0.2) is 53.7 Å². The number of imidazole rings is 1. The van der Waals surface area contributed by atoms with Gasteiger partial charge in [0.05, 0.1) is 17.4 Å². The van der Waals surface area contributed by atoms with E-state index in [4.69, 9.17) is 0 Å². The van der Waals surface area contributed by atoms with E-state index in [0.29, 0.717) is 18.6 Å². The standard InChI is InChI=1S/C20H21FN4OS/c1-27-17-5-3-15(4-6-17)23-20(26)24-10-8-16(9-11-24)25-13-22-18-12-14(21)2-7-19(18)25/h2-7,12-13,16H,8-11H2,1H3,(H,23,26). The molecule has 1 fully saturated rings. The highest BCUT2D eigenvalue weighted by molar-refractivity contribution is 7.98. The van der Waals surface area contributed by atoms with Crippen molar-refractivity contribution in [2.75, 3.05) is 24.7 Å². The summed E-state index contributed by atoms with van der Waals surface area (Å²) in [6.07, 6.45) is 5.50. The summed E-state index contributed by atoms with van der Waals surface area (Å²) >= 11 is 1.67. The number of nitrogens with zero attached hydrogens (tertiary/aromatic N) is 3. The summed E-state index contributed by atoms with van der Waals surface area (Å²) in [6, 6.07) is 12.7. The highest BCUT2D eigenvalue weighted by atomic mass is 32.2. The summed E-state index contributed by atoms with van der Waals surface area (Å²) in [5.74, 6) is -0.273. The van der Waals surface area contributed by atoms with Crippen LogP contribution in [0.3, 0.4) is 0 Å². The normalized spacial score (nSPS) is 15.3. The maximum absolute atomic E-state index is 13.3. The first-order valence-electron chi connectivity index (χ1n) is 8.96. The molecule has 1 N–H and O–H groups in total. The highest BCUT2D eigenvalue weighted by Crippen LogP contribution is 2.27. The van der Waals surface area contributed by atoms with Crippen LogP contribution in [-0.4, -0.2) is 39.8 Å². The Bertz CT molecular complexity index is 948. The monoisotopic (exact) mass is 384 g/mol. The van der Waals surface area contributed by atoms with Gasteiger partial charge in [0.25, 0.3) is 0 Å². The van der Waals surface area contributed by atoms with Crippen molar-refractivity contribution in [3.63, 3.8) is 0 Å². The molecule has 0 spiro atoms. The first-order chi connectivity index (χ1) is 13.1. The van der Waals surface area contributed by atoms with E-state index < -0.39 is 0 Å². The fourth-order valence-electron chi connectivity index (χ4n) is 3.52. The van der Waals surface area contributed by atoms with Crippen LogP contribution in [-0.2, 0) is 0 Å². The van der Waals surface area contributed by atoms with E-state index in [9.17, 15) is 9.18 Å². The minimum absolute atomic E-state index is 0.0667. The number of urea groups is 1. The molecule has 0 aliphatic carbocycles. The first kappa shape index (κ1) is 17.9. The number of aromatic nitrogens is 2. The molecule has 0 bridgehead atoms. The van der Waals surface area contributed by atoms with Gasteiger partial charge in [-0.15, -0.1) is 11.8 Å². The molecule has 140 valence electrons. The average Bonchev–Trinajstić information content (AvgIpc) is 3.11. The average molecular weight is 384 g/mol. The molecule has 0 saturated carbocycles. The Kier molecular flexibility index (Phi) is 5.03. The molecule has 1 saturated heterocycles. The fourth-order valence-corrected chi connectivity index (χ4v) is 3.93. The Hall–Kier alpha value is -2.54. The van der Waals surface area contributed by atoms with Crippen molar-refractivity contribution >= 4 is 34.5 Å². The number of fused-ring (bicyclic) bond motifs is 1.